The van der Waals surface area contributed by atoms with E-state index >= 15 is 0 Å². The molecule has 138 valence electrons. The van der Waals surface area contributed by atoms with Crippen LogP contribution in [0.1, 0.15) is 11.1 Å². The lowest BCUT2D eigenvalue weighted by Crippen LogP contribution is -2.45. The minimum Gasteiger partial charge on any atom is -0.354 e. The van der Waals surface area contributed by atoms with Gasteiger partial charge in [0.25, 0.3) is 0 Å². The summed E-state index contributed by atoms with van der Waals surface area (Å²) in [5.41, 5.74) is 2.33. The average Bonchev–Trinajstić information content (AvgIpc) is 2.71. The van der Waals surface area contributed by atoms with Crippen molar-refractivity contribution in [1.82, 2.24) is 19.9 Å². The van der Waals surface area contributed by atoms with Crippen LogP contribution < -0.4 is 4.90 Å². The van der Waals surface area contributed by atoms with Crippen LogP contribution in [0.3, 0.4) is 0 Å². The summed E-state index contributed by atoms with van der Waals surface area (Å²) in [4.78, 5) is 18.3. The highest BCUT2D eigenvalue weighted by Crippen LogP contribution is 2.25. The van der Waals surface area contributed by atoms with Gasteiger partial charge in [0.1, 0.15) is 17.3 Å². The summed E-state index contributed by atoms with van der Waals surface area (Å²) in [6, 6.07) is 12.6. The molecular weight excluding hydrogens is 341 g/mol. The van der Waals surface area contributed by atoms with Crippen molar-refractivity contribution in [2.24, 2.45) is 0 Å². The maximum Gasteiger partial charge on any atom is 0.180 e. The van der Waals surface area contributed by atoms with Gasteiger partial charge < -0.3 is 9.80 Å². The van der Waals surface area contributed by atoms with E-state index in [2.05, 4.69) is 26.8 Å². The van der Waals surface area contributed by atoms with Crippen LogP contribution in [0.2, 0.25) is 0 Å². The second kappa shape index (κ2) is 7.80. The Labute approximate surface area is 158 Å². The summed E-state index contributed by atoms with van der Waals surface area (Å²) in [7, 11) is 2.12. The van der Waals surface area contributed by atoms with Crippen molar-refractivity contribution in [3.8, 4) is 11.5 Å². The monoisotopic (exact) mass is 363 g/mol. The van der Waals surface area contributed by atoms with E-state index in [4.69, 9.17) is 4.98 Å². The Bertz CT molecular complexity index is 907. The third-order valence-electron chi connectivity index (χ3n) is 4.88. The Morgan fingerprint density at radius 1 is 0.926 bits per heavy atom. The molecule has 3 aromatic rings. The summed E-state index contributed by atoms with van der Waals surface area (Å²) >= 11 is 0. The molecule has 0 bridgehead atoms. The molecule has 6 heteroatoms. The average molecular weight is 363 g/mol. The molecule has 5 nitrogen and oxygen atoms in total. The van der Waals surface area contributed by atoms with Crippen molar-refractivity contribution in [2.45, 2.75) is 6.42 Å². The zero-order valence-corrected chi connectivity index (χ0v) is 15.3. The molecule has 0 radical (unpaired) electrons. The van der Waals surface area contributed by atoms with Crippen LogP contribution in [0, 0.1) is 5.82 Å². The fourth-order valence-electron chi connectivity index (χ4n) is 3.28. The number of piperazine rings is 1. The van der Waals surface area contributed by atoms with Gasteiger partial charge in [0.05, 0.1) is 0 Å². The number of halogens is 1. The van der Waals surface area contributed by atoms with Crippen molar-refractivity contribution in [3.63, 3.8) is 0 Å². The molecular formula is C21H22FN5. The van der Waals surface area contributed by atoms with Crippen LogP contribution in [-0.4, -0.2) is 53.1 Å². The van der Waals surface area contributed by atoms with Gasteiger partial charge in [-0.25, -0.2) is 14.4 Å². The summed E-state index contributed by atoms with van der Waals surface area (Å²) in [6.45, 7) is 3.73. The third kappa shape index (κ3) is 3.95. The third-order valence-corrected chi connectivity index (χ3v) is 4.88. The molecule has 27 heavy (non-hydrogen) atoms. The Kier molecular flexibility index (Phi) is 5.07. The number of hydrogen-bond donors (Lipinski definition) is 0. The maximum absolute atomic E-state index is 14.2. The summed E-state index contributed by atoms with van der Waals surface area (Å²) in [5.74, 6) is 1.28. The minimum absolute atomic E-state index is 0.198. The lowest BCUT2D eigenvalue weighted by atomic mass is 10.1. The summed E-state index contributed by atoms with van der Waals surface area (Å²) in [6.07, 6.45) is 4.02. The highest BCUT2D eigenvalue weighted by Gasteiger charge is 2.20. The predicted octanol–water partition coefficient (Wildman–Crippen LogP) is 3.02. The molecule has 1 aliphatic rings. The lowest BCUT2D eigenvalue weighted by molar-refractivity contribution is 0.312. The number of aromatic nitrogens is 3. The van der Waals surface area contributed by atoms with Gasteiger partial charge in [-0.1, -0.05) is 24.3 Å². The first-order valence-electron chi connectivity index (χ1n) is 9.15. The fraction of sp³-hybridized carbons (Fsp3) is 0.286. The number of benzene rings is 1. The zero-order valence-electron chi connectivity index (χ0n) is 15.3. The van der Waals surface area contributed by atoms with Crippen LogP contribution in [0.15, 0.2) is 54.9 Å². The molecule has 1 saturated heterocycles. The van der Waals surface area contributed by atoms with E-state index < -0.39 is 0 Å². The molecule has 0 aliphatic carbocycles. The van der Waals surface area contributed by atoms with Gasteiger partial charge in [0, 0.05) is 50.6 Å². The van der Waals surface area contributed by atoms with Gasteiger partial charge in [-0.15, -0.1) is 0 Å². The quantitative estimate of drug-likeness (QED) is 0.713. The number of hydrogen-bond acceptors (Lipinski definition) is 5. The van der Waals surface area contributed by atoms with Crippen molar-refractivity contribution >= 4 is 5.82 Å². The molecule has 0 spiro atoms. The standard InChI is InChI=1S/C21H22FN5/c1-26-10-12-27(13-11-26)21-17(14-16-6-2-3-7-18(16)22)15-24-20(25-21)19-8-4-5-9-23-19/h2-9,15H,10-14H2,1H3. The second-order valence-corrected chi connectivity index (χ2v) is 6.82. The minimum atomic E-state index is -0.198. The number of rotatable bonds is 4. The first-order chi connectivity index (χ1) is 13.2. The van der Waals surface area contributed by atoms with E-state index in [-0.39, 0.29) is 5.82 Å². The van der Waals surface area contributed by atoms with Gasteiger partial charge >= 0.3 is 0 Å². The Morgan fingerprint density at radius 2 is 1.70 bits per heavy atom. The molecule has 3 heterocycles. The van der Waals surface area contributed by atoms with Gasteiger partial charge in [0.15, 0.2) is 5.82 Å². The number of pyridine rings is 1. The van der Waals surface area contributed by atoms with Crippen molar-refractivity contribution in [1.29, 1.82) is 0 Å². The number of anilines is 1. The molecule has 0 unspecified atom stereocenters. The van der Waals surface area contributed by atoms with E-state index in [1.165, 1.54) is 6.07 Å². The second-order valence-electron chi connectivity index (χ2n) is 6.82. The Hall–Kier alpha value is -2.86. The molecule has 0 atom stereocenters. The van der Waals surface area contributed by atoms with Crippen molar-refractivity contribution < 1.29 is 4.39 Å². The maximum atomic E-state index is 14.2. The molecule has 0 saturated carbocycles. The predicted molar refractivity (Wildman–Crippen MR) is 104 cm³/mol. The number of likely N-dealkylation sites (N-methyl/N-ethyl adjacent to an activating group) is 1. The molecule has 4 rings (SSSR count). The van der Waals surface area contributed by atoms with E-state index in [0.717, 1.165) is 43.3 Å². The molecule has 2 aromatic heterocycles. The normalized spacial score (nSPS) is 15.1. The molecule has 1 aliphatic heterocycles. The van der Waals surface area contributed by atoms with Crippen LogP contribution in [0.5, 0.6) is 0 Å². The van der Waals surface area contributed by atoms with Crippen molar-refractivity contribution in [2.75, 3.05) is 38.1 Å². The molecule has 0 N–H and O–H groups in total. The van der Waals surface area contributed by atoms with E-state index in [0.29, 0.717) is 17.8 Å². The smallest absolute Gasteiger partial charge is 0.180 e. The largest absolute Gasteiger partial charge is 0.354 e. The zero-order chi connectivity index (χ0) is 18.6. The van der Waals surface area contributed by atoms with Crippen LogP contribution in [-0.2, 0) is 6.42 Å². The Morgan fingerprint density at radius 3 is 2.44 bits per heavy atom. The Balaban J connectivity index is 1.72. The van der Waals surface area contributed by atoms with Crippen LogP contribution in [0.4, 0.5) is 10.2 Å². The summed E-state index contributed by atoms with van der Waals surface area (Å²) in [5, 5.41) is 0. The van der Waals surface area contributed by atoms with E-state index in [1.54, 1.807) is 12.3 Å². The van der Waals surface area contributed by atoms with Gasteiger partial charge in [-0.3, -0.25) is 4.98 Å². The molecule has 1 aromatic carbocycles. The van der Waals surface area contributed by atoms with E-state index in [1.807, 2.05) is 36.5 Å². The lowest BCUT2D eigenvalue weighted by Gasteiger charge is -2.34. The van der Waals surface area contributed by atoms with Crippen LogP contribution in [0.25, 0.3) is 11.5 Å². The first kappa shape index (κ1) is 17.5. The SMILES string of the molecule is CN1CCN(c2nc(-c3ccccn3)ncc2Cc2ccccc2F)CC1. The fourth-order valence-corrected chi connectivity index (χ4v) is 3.28. The molecule has 1 fully saturated rings. The first-order valence-corrected chi connectivity index (χ1v) is 9.15. The van der Waals surface area contributed by atoms with Crippen LogP contribution >= 0.6 is 0 Å². The summed E-state index contributed by atoms with van der Waals surface area (Å²) < 4.78 is 14.2. The van der Waals surface area contributed by atoms with Gasteiger partial charge in [-0.2, -0.15) is 0 Å². The topological polar surface area (TPSA) is 45.2 Å². The van der Waals surface area contributed by atoms with Gasteiger partial charge in [-0.05, 0) is 30.8 Å². The highest BCUT2D eigenvalue weighted by molar-refractivity contribution is 5.56. The molecule has 0 amide bonds. The van der Waals surface area contributed by atoms with Gasteiger partial charge in [0.2, 0.25) is 0 Å². The van der Waals surface area contributed by atoms with Crippen molar-refractivity contribution in [3.05, 3.63) is 71.8 Å². The number of nitrogens with zero attached hydrogens (tertiary/aromatic N) is 5. The highest BCUT2D eigenvalue weighted by atomic mass is 19.1. The van der Waals surface area contributed by atoms with E-state index in [9.17, 15) is 4.39 Å².